The molecule has 0 radical (unpaired) electrons. The minimum atomic E-state index is -0.438. The van der Waals surface area contributed by atoms with Crippen LogP contribution in [-0.2, 0) is 16.1 Å². The van der Waals surface area contributed by atoms with E-state index in [0.29, 0.717) is 5.56 Å². The van der Waals surface area contributed by atoms with E-state index >= 15 is 0 Å². The van der Waals surface area contributed by atoms with Crippen molar-refractivity contribution in [2.75, 3.05) is 0 Å². The molecule has 0 unspecified atom stereocenters. The van der Waals surface area contributed by atoms with E-state index in [1.807, 2.05) is 30.3 Å². The maximum Gasteiger partial charge on any atom is 0.331 e. The molecule has 0 bridgehead atoms. The number of esters is 1. The highest BCUT2D eigenvalue weighted by Crippen LogP contribution is 2.22. The second kappa shape index (κ2) is 6.86. The summed E-state index contributed by atoms with van der Waals surface area (Å²) in [6.07, 6.45) is 3.02. The van der Waals surface area contributed by atoms with Crippen molar-refractivity contribution in [3.8, 4) is 6.07 Å². The number of aromatic nitrogens is 1. The van der Waals surface area contributed by atoms with Crippen molar-refractivity contribution in [2.45, 2.75) is 6.61 Å². The molecule has 5 heteroatoms. The van der Waals surface area contributed by atoms with Crippen molar-refractivity contribution in [3.63, 3.8) is 0 Å². The molecular formula is C18H12N2O2S. The molecule has 112 valence electrons. The van der Waals surface area contributed by atoms with Crippen molar-refractivity contribution in [3.05, 3.63) is 70.7 Å². The number of fused-ring (bicyclic) bond motifs is 1. The lowest BCUT2D eigenvalue weighted by atomic mass is 10.1. The Morgan fingerprint density at radius 3 is 2.96 bits per heavy atom. The highest BCUT2D eigenvalue weighted by molar-refractivity contribution is 7.19. The fourth-order valence-electron chi connectivity index (χ4n) is 2.03. The Morgan fingerprint density at radius 2 is 2.13 bits per heavy atom. The SMILES string of the molecule is N#Cc1cccc(COC(=O)/C=C/c2nc3ccccc3s2)c1. The molecule has 1 heterocycles. The van der Waals surface area contributed by atoms with Crippen molar-refractivity contribution in [1.82, 2.24) is 4.98 Å². The molecule has 2 aromatic carbocycles. The van der Waals surface area contributed by atoms with Crippen LogP contribution >= 0.6 is 11.3 Å². The van der Waals surface area contributed by atoms with E-state index in [1.165, 1.54) is 17.4 Å². The van der Waals surface area contributed by atoms with Crippen molar-refractivity contribution >= 4 is 33.6 Å². The van der Waals surface area contributed by atoms with E-state index in [4.69, 9.17) is 10.00 Å². The summed E-state index contributed by atoms with van der Waals surface area (Å²) in [5, 5.41) is 9.59. The molecule has 3 aromatic rings. The first-order chi connectivity index (χ1) is 11.2. The molecule has 0 saturated heterocycles. The quantitative estimate of drug-likeness (QED) is 0.540. The number of thiazole rings is 1. The van der Waals surface area contributed by atoms with Crippen LogP contribution in [0.1, 0.15) is 16.1 Å². The minimum Gasteiger partial charge on any atom is -0.458 e. The number of para-hydroxylation sites is 1. The summed E-state index contributed by atoms with van der Waals surface area (Å²) in [6, 6.07) is 16.8. The van der Waals surface area contributed by atoms with Gasteiger partial charge in [-0.15, -0.1) is 11.3 Å². The molecule has 0 fully saturated rings. The van der Waals surface area contributed by atoms with Crippen molar-refractivity contribution < 1.29 is 9.53 Å². The Balaban J connectivity index is 1.61. The van der Waals surface area contributed by atoms with Crippen molar-refractivity contribution in [1.29, 1.82) is 5.26 Å². The molecule has 0 aliphatic heterocycles. The number of hydrogen-bond donors (Lipinski definition) is 0. The third-order valence-electron chi connectivity index (χ3n) is 3.11. The van der Waals surface area contributed by atoms with Gasteiger partial charge in [-0.25, -0.2) is 9.78 Å². The van der Waals surface area contributed by atoms with Gasteiger partial charge in [-0.3, -0.25) is 0 Å². The maximum atomic E-state index is 11.8. The molecule has 0 spiro atoms. The molecule has 0 amide bonds. The zero-order valence-electron chi connectivity index (χ0n) is 12.1. The van der Waals surface area contributed by atoms with Crippen LogP contribution in [0.4, 0.5) is 0 Å². The topological polar surface area (TPSA) is 63.0 Å². The van der Waals surface area contributed by atoms with Crippen LogP contribution in [0, 0.1) is 11.3 Å². The van der Waals surface area contributed by atoms with Gasteiger partial charge in [0.1, 0.15) is 11.6 Å². The summed E-state index contributed by atoms with van der Waals surface area (Å²) < 4.78 is 6.24. The molecule has 3 rings (SSSR count). The van der Waals surface area contributed by atoms with Crippen LogP contribution in [0.2, 0.25) is 0 Å². The predicted molar refractivity (Wildman–Crippen MR) is 89.6 cm³/mol. The predicted octanol–water partition coefficient (Wildman–Crippen LogP) is 3.92. The maximum absolute atomic E-state index is 11.8. The average Bonchev–Trinajstić information content (AvgIpc) is 3.01. The minimum absolute atomic E-state index is 0.137. The molecule has 0 N–H and O–H groups in total. The molecule has 0 aliphatic carbocycles. The second-order valence-corrected chi connectivity index (χ2v) is 5.84. The molecule has 4 nitrogen and oxygen atoms in total. The number of nitrogens with zero attached hydrogens (tertiary/aromatic N) is 2. The van der Waals surface area contributed by atoms with Gasteiger partial charge >= 0.3 is 5.97 Å². The Hall–Kier alpha value is -2.97. The van der Waals surface area contributed by atoms with E-state index in [1.54, 1.807) is 24.3 Å². The van der Waals surface area contributed by atoms with E-state index in [-0.39, 0.29) is 6.61 Å². The first-order valence-electron chi connectivity index (χ1n) is 6.94. The molecular weight excluding hydrogens is 308 g/mol. The number of nitriles is 1. The molecule has 0 atom stereocenters. The van der Waals surface area contributed by atoms with Gasteiger partial charge in [0, 0.05) is 6.08 Å². The largest absolute Gasteiger partial charge is 0.458 e. The summed E-state index contributed by atoms with van der Waals surface area (Å²) in [5.74, 6) is -0.438. The summed E-state index contributed by atoms with van der Waals surface area (Å²) in [5.41, 5.74) is 2.24. The van der Waals surface area contributed by atoms with Gasteiger partial charge in [0.25, 0.3) is 0 Å². The Morgan fingerprint density at radius 1 is 1.26 bits per heavy atom. The van der Waals surface area contributed by atoms with Gasteiger partial charge in [0.05, 0.1) is 21.8 Å². The molecule has 0 saturated carbocycles. The smallest absolute Gasteiger partial charge is 0.331 e. The second-order valence-electron chi connectivity index (χ2n) is 4.77. The van der Waals surface area contributed by atoms with Gasteiger partial charge in [-0.05, 0) is 35.9 Å². The lowest BCUT2D eigenvalue weighted by Crippen LogP contribution is -2.00. The zero-order chi connectivity index (χ0) is 16.1. The molecule has 0 aliphatic rings. The first kappa shape index (κ1) is 14.9. The number of ether oxygens (including phenoxy) is 1. The first-order valence-corrected chi connectivity index (χ1v) is 7.76. The van der Waals surface area contributed by atoms with E-state index in [0.717, 1.165) is 20.8 Å². The van der Waals surface area contributed by atoms with E-state index < -0.39 is 5.97 Å². The van der Waals surface area contributed by atoms with E-state index in [9.17, 15) is 4.79 Å². The van der Waals surface area contributed by atoms with Gasteiger partial charge in [-0.2, -0.15) is 5.26 Å². The summed E-state index contributed by atoms with van der Waals surface area (Å²) >= 11 is 1.52. The van der Waals surface area contributed by atoms with Crippen LogP contribution in [0.25, 0.3) is 16.3 Å². The zero-order valence-corrected chi connectivity index (χ0v) is 12.9. The molecule has 1 aromatic heterocycles. The number of benzene rings is 2. The number of hydrogen-bond acceptors (Lipinski definition) is 5. The van der Waals surface area contributed by atoms with Crippen LogP contribution in [0.15, 0.2) is 54.6 Å². The van der Waals surface area contributed by atoms with Crippen LogP contribution in [0.5, 0.6) is 0 Å². The van der Waals surface area contributed by atoms with Gasteiger partial charge < -0.3 is 4.74 Å². The van der Waals surface area contributed by atoms with Crippen molar-refractivity contribution in [2.24, 2.45) is 0 Å². The molecule has 23 heavy (non-hydrogen) atoms. The fourth-order valence-corrected chi connectivity index (χ4v) is 2.90. The monoisotopic (exact) mass is 320 g/mol. The summed E-state index contributed by atoms with van der Waals surface area (Å²) in [7, 11) is 0. The van der Waals surface area contributed by atoms with Crippen LogP contribution in [-0.4, -0.2) is 11.0 Å². The normalized spacial score (nSPS) is 10.7. The summed E-state index contributed by atoms with van der Waals surface area (Å²) in [4.78, 5) is 16.2. The van der Waals surface area contributed by atoms with Gasteiger partial charge in [0.15, 0.2) is 0 Å². The highest BCUT2D eigenvalue weighted by atomic mass is 32.1. The fraction of sp³-hybridized carbons (Fsp3) is 0.0556. The lowest BCUT2D eigenvalue weighted by Gasteiger charge is -2.02. The highest BCUT2D eigenvalue weighted by Gasteiger charge is 2.03. The summed E-state index contributed by atoms with van der Waals surface area (Å²) in [6.45, 7) is 0.137. The lowest BCUT2D eigenvalue weighted by molar-refractivity contribution is -0.138. The average molecular weight is 320 g/mol. The van der Waals surface area contributed by atoms with Gasteiger partial charge in [0.2, 0.25) is 0 Å². The van der Waals surface area contributed by atoms with Crippen LogP contribution < -0.4 is 0 Å². The number of carbonyl (C=O) groups is 1. The van der Waals surface area contributed by atoms with E-state index in [2.05, 4.69) is 11.1 Å². The Kier molecular flexibility index (Phi) is 4.46. The third-order valence-corrected chi connectivity index (χ3v) is 4.11. The van der Waals surface area contributed by atoms with Gasteiger partial charge in [-0.1, -0.05) is 24.3 Å². The standard InChI is InChI=1S/C18H12N2O2S/c19-11-13-4-3-5-14(10-13)12-22-18(21)9-8-17-20-15-6-1-2-7-16(15)23-17/h1-10H,12H2/b9-8+. The van der Waals surface area contributed by atoms with Crippen LogP contribution in [0.3, 0.4) is 0 Å². The third kappa shape index (κ3) is 3.82. The Labute approximate surface area is 137 Å². The number of carbonyl (C=O) groups excluding carboxylic acids is 1. The number of rotatable bonds is 4. The Bertz CT molecular complexity index is 889.